The van der Waals surface area contributed by atoms with Crippen LogP contribution in [0.15, 0.2) is 40.8 Å². The first-order valence-corrected chi connectivity index (χ1v) is 9.29. The third kappa shape index (κ3) is 4.80. The monoisotopic (exact) mass is 375 g/mol. The van der Waals surface area contributed by atoms with Gasteiger partial charge in [0.15, 0.2) is 4.80 Å². The largest absolute Gasteiger partial charge is 0.497 e. The van der Waals surface area contributed by atoms with E-state index in [0.717, 1.165) is 19.4 Å². The zero-order valence-corrected chi connectivity index (χ0v) is 15.3. The van der Waals surface area contributed by atoms with Crippen LogP contribution in [0.3, 0.4) is 0 Å². The number of thiazole rings is 1. The van der Waals surface area contributed by atoms with Crippen LogP contribution >= 0.6 is 11.3 Å². The predicted octanol–water partition coefficient (Wildman–Crippen LogP) is 1.59. The van der Waals surface area contributed by atoms with Gasteiger partial charge in [-0.3, -0.25) is 9.59 Å². The number of carbonyl (C=O) groups is 2. The fourth-order valence-electron chi connectivity index (χ4n) is 2.66. The highest BCUT2D eigenvalue weighted by Gasteiger charge is 2.16. The lowest BCUT2D eigenvalue weighted by atomic mass is 10.2. The summed E-state index contributed by atoms with van der Waals surface area (Å²) < 4.78 is 12.3. The van der Waals surface area contributed by atoms with E-state index in [2.05, 4.69) is 10.3 Å². The first-order chi connectivity index (χ1) is 12.7. The van der Waals surface area contributed by atoms with E-state index in [-0.39, 0.29) is 24.5 Å². The highest BCUT2D eigenvalue weighted by molar-refractivity contribution is 7.07. The van der Waals surface area contributed by atoms with Crippen LogP contribution in [0, 0.1) is 0 Å². The van der Waals surface area contributed by atoms with E-state index < -0.39 is 0 Å². The third-order valence-corrected chi connectivity index (χ3v) is 4.83. The molecule has 138 valence electrons. The summed E-state index contributed by atoms with van der Waals surface area (Å²) in [6, 6.07) is 6.82. The molecule has 8 heteroatoms. The van der Waals surface area contributed by atoms with Crippen molar-refractivity contribution in [2.75, 3.05) is 20.3 Å². The molecule has 1 aliphatic rings. The van der Waals surface area contributed by atoms with Crippen molar-refractivity contribution in [1.29, 1.82) is 0 Å². The van der Waals surface area contributed by atoms with Crippen LogP contribution in [0.2, 0.25) is 0 Å². The SMILES string of the molecule is COc1cccc(C(=O)N=c2sccn2CC(=O)NCC2CCCO2)c1. The Hall–Kier alpha value is -2.45. The molecule has 3 rings (SSSR count). The molecule has 0 spiro atoms. The van der Waals surface area contributed by atoms with Gasteiger partial charge in [0.25, 0.3) is 5.91 Å². The molecule has 7 nitrogen and oxygen atoms in total. The van der Waals surface area contributed by atoms with Crippen LogP contribution < -0.4 is 14.9 Å². The minimum atomic E-state index is -0.375. The van der Waals surface area contributed by atoms with Gasteiger partial charge in [-0.05, 0) is 31.0 Å². The van der Waals surface area contributed by atoms with Crippen LogP contribution in [-0.4, -0.2) is 42.7 Å². The van der Waals surface area contributed by atoms with Crippen molar-refractivity contribution in [3.63, 3.8) is 0 Å². The van der Waals surface area contributed by atoms with Gasteiger partial charge in [-0.25, -0.2) is 0 Å². The number of nitrogens with one attached hydrogen (secondary N) is 1. The topological polar surface area (TPSA) is 81.9 Å². The van der Waals surface area contributed by atoms with E-state index in [1.165, 1.54) is 11.3 Å². The summed E-state index contributed by atoms with van der Waals surface area (Å²) in [5, 5.41) is 4.66. The molecule has 2 heterocycles. The Bertz CT molecular complexity index is 837. The average Bonchev–Trinajstić information content (AvgIpc) is 3.32. The fourth-order valence-corrected chi connectivity index (χ4v) is 3.38. The summed E-state index contributed by atoms with van der Waals surface area (Å²) in [4.78, 5) is 29.1. The maximum atomic E-state index is 12.4. The van der Waals surface area contributed by atoms with Crippen molar-refractivity contribution < 1.29 is 19.1 Å². The van der Waals surface area contributed by atoms with Crippen LogP contribution in [0.1, 0.15) is 23.2 Å². The number of amides is 2. The standard InChI is InChI=1S/C18H21N3O4S/c1-24-14-5-2-4-13(10-14)17(23)20-18-21(7-9-26-18)12-16(22)19-11-15-6-3-8-25-15/h2,4-5,7,9-10,15H,3,6,8,11-12H2,1H3,(H,19,22). The molecule has 2 aromatic rings. The van der Waals surface area contributed by atoms with E-state index in [4.69, 9.17) is 9.47 Å². The zero-order valence-electron chi connectivity index (χ0n) is 14.5. The fraction of sp³-hybridized carbons (Fsp3) is 0.389. The van der Waals surface area contributed by atoms with Crippen molar-refractivity contribution in [3.8, 4) is 5.75 Å². The molecular formula is C18H21N3O4S. The van der Waals surface area contributed by atoms with Crippen LogP contribution in [0.4, 0.5) is 0 Å². The van der Waals surface area contributed by atoms with E-state index in [0.29, 0.717) is 22.7 Å². The number of benzene rings is 1. The summed E-state index contributed by atoms with van der Waals surface area (Å²) in [7, 11) is 1.54. The molecular weight excluding hydrogens is 354 g/mol. The Morgan fingerprint density at radius 3 is 3.12 bits per heavy atom. The van der Waals surface area contributed by atoms with Gasteiger partial charge < -0.3 is 19.4 Å². The van der Waals surface area contributed by atoms with E-state index in [1.54, 1.807) is 47.5 Å². The summed E-state index contributed by atoms with van der Waals surface area (Å²) >= 11 is 1.31. The lowest BCUT2D eigenvalue weighted by molar-refractivity contribution is -0.122. The average molecular weight is 375 g/mol. The number of methoxy groups -OCH3 is 1. The smallest absolute Gasteiger partial charge is 0.279 e. The summed E-state index contributed by atoms with van der Waals surface area (Å²) in [5.41, 5.74) is 0.437. The van der Waals surface area contributed by atoms with Gasteiger partial charge in [0.2, 0.25) is 5.91 Å². The second-order valence-corrected chi connectivity index (χ2v) is 6.77. The van der Waals surface area contributed by atoms with Crippen LogP contribution in [-0.2, 0) is 16.1 Å². The Morgan fingerprint density at radius 1 is 1.46 bits per heavy atom. The molecule has 2 amide bonds. The van der Waals surface area contributed by atoms with Crippen molar-refractivity contribution in [2.45, 2.75) is 25.5 Å². The van der Waals surface area contributed by atoms with Crippen molar-refractivity contribution in [1.82, 2.24) is 9.88 Å². The highest BCUT2D eigenvalue weighted by Crippen LogP contribution is 2.13. The van der Waals surface area contributed by atoms with Gasteiger partial charge in [0.05, 0.1) is 13.2 Å². The molecule has 1 aliphatic heterocycles. The molecule has 1 atom stereocenters. The maximum absolute atomic E-state index is 12.4. The minimum Gasteiger partial charge on any atom is -0.497 e. The van der Waals surface area contributed by atoms with E-state index in [9.17, 15) is 9.59 Å². The van der Waals surface area contributed by atoms with Gasteiger partial charge in [-0.1, -0.05) is 6.07 Å². The second kappa shape index (κ2) is 8.77. The molecule has 1 unspecified atom stereocenters. The summed E-state index contributed by atoms with van der Waals surface area (Å²) in [6.07, 6.45) is 3.86. The van der Waals surface area contributed by atoms with Crippen molar-refractivity contribution in [3.05, 3.63) is 46.2 Å². The number of ether oxygens (including phenoxy) is 2. The Kier molecular flexibility index (Phi) is 6.19. The molecule has 0 aliphatic carbocycles. The quantitative estimate of drug-likeness (QED) is 0.831. The Labute approximate surface area is 155 Å². The first kappa shape index (κ1) is 18.3. The predicted molar refractivity (Wildman–Crippen MR) is 97.2 cm³/mol. The molecule has 0 saturated carbocycles. The normalized spacial score (nSPS) is 17.3. The molecule has 0 radical (unpaired) electrons. The number of hydrogen-bond acceptors (Lipinski definition) is 5. The molecule has 26 heavy (non-hydrogen) atoms. The Balaban J connectivity index is 1.65. The molecule has 1 N–H and O–H groups in total. The third-order valence-electron chi connectivity index (χ3n) is 4.04. The van der Waals surface area contributed by atoms with Crippen LogP contribution in [0.25, 0.3) is 0 Å². The number of nitrogens with zero attached hydrogens (tertiary/aromatic N) is 2. The molecule has 1 aromatic carbocycles. The first-order valence-electron chi connectivity index (χ1n) is 8.41. The minimum absolute atomic E-state index is 0.102. The van der Waals surface area contributed by atoms with Crippen molar-refractivity contribution in [2.24, 2.45) is 4.99 Å². The molecule has 1 saturated heterocycles. The number of rotatable bonds is 6. The lowest BCUT2D eigenvalue weighted by Crippen LogP contribution is -2.35. The maximum Gasteiger partial charge on any atom is 0.279 e. The van der Waals surface area contributed by atoms with Gasteiger partial charge >= 0.3 is 0 Å². The molecule has 0 bridgehead atoms. The summed E-state index contributed by atoms with van der Waals surface area (Å²) in [5.74, 6) is 0.0904. The van der Waals surface area contributed by atoms with Crippen molar-refractivity contribution >= 4 is 23.2 Å². The molecule has 1 fully saturated rings. The lowest BCUT2D eigenvalue weighted by Gasteiger charge is -2.11. The van der Waals surface area contributed by atoms with Gasteiger partial charge in [0.1, 0.15) is 12.3 Å². The second-order valence-electron chi connectivity index (χ2n) is 5.90. The van der Waals surface area contributed by atoms with Gasteiger partial charge in [-0.15, -0.1) is 11.3 Å². The van der Waals surface area contributed by atoms with Gasteiger partial charge in [0, 0.05) is 30.3 Å². The number of aromatic nitrogens is 1. The zero-order chi connectivity index (χ0) is 18.4. The van der Waals surface area contributed by atoms with E-state index >= 15 is 0 Å². The number of carbonyl (C=O) groups excluding carboxylic acids is 2. The highest BCUT2D eigenvalue weighted by atomic mass is 32.1. The summed E-state index contributed by atoms with van der Waals surface area (Å²) in [6.45, 7) is 1.38. The van der Waals surface area contributed by atoms with Gasteiger partial charge in [-0.2, -0.15) is 4.99 Å². The van der Waals surface area contributed by atoms with Crippen LogP contribution in [0.5, 0.6) is 5.75 Å². The molecule has 1 aromatic heterocycles. The number of hydrogen-bond donors (Lipinski definition) is 1. The van der Waals surface area contributed by atoms with E-state index in [1.807, 2.05) is 0 Å². The Morgan fingerprint density at radius 2 is 2.35 bits per heavy atom.